The highest BCUT2D eigenvalue weighted by Crippen LogP contribution is 2.12. The topological polar surface area (TPSA) is 46.2 Å². The van der Waals surface area contributed by atoms with E-state index in [2.05, 4.69) is 5.32 Å². The summed E-state index contributed by atoms with van der Waals surface area (Å²) >= 11 is 0. The molecule has 0 aliphatic carbocycles. The van der Waals surface area contributed by atoms with Crippen LogP contribution in [-0.2, 0) is 0 Å². The molecular weight excluding hydrogens is 274 g/mol. The molecule has 2 aromatic carbocycles. The van der Waals surface area contributed by atoms with E-state index in [-0.39, 0.29) is 11.7 Å². The number of benzene rings is 2. The van der Waals surface area contributed by atoms with Crippen LogP contribution < -0.4 is 5.32 Å². The highest BCUT2D eigenvalue weighted by molar-refractivity contribution is 6.07. The van der Waals surface area contributed by atoms with E-state index >= 15 is 0 Å². The number of allylic oxidation sites excluding steroid dienone is 1. The first-order valence-electron chi connectivity index (χ1n) is 7.13. The van der Waals surface area contributed by atoms with Gasteiger partial charge in [-0.25, -0.2) is 0 Å². The number of carbonyl (C=O) groups is 2. The van der Waals surface area contributed by atoms with Gasteiger partial charge in [0.2, 0.25) is 0 Å². The summed E-state index contributed by atoms with van der Waals surface area (Å²) in [6, 6.07) is 12.8. The molecule has 0 radical (unpaired) electrons. The van der Waals surface area contributed by atoms with Crippen LogP contribution in [-0.4, -0.2) is 18.7 Å². The van der Waals surface area contributed by atoms with Crippen molar-refractivity contribution >= 4 is 17.8 Å². The molecule has 0 heterocycles. The predicted molar refractivity (Wildman–Crippen MR) is 89.1 cm³/mol. The highest BCUT2D eigenvalue weighted by Gasteiger charge is 2.04. The molecule has 0 fully saturated rings. The van der Waals surface area contributed by atoms with Crippen molar-refractivity contribution in [3.63, 3.8) is 0 Å². The first-order valence-corrected chi connectivity index (χ1v) is 7.13. The quantitative estimate of drug-likeness (QED) is 0.692. The minimum atomic E-state index is -0.123. The molecule has 22 heavy (non-hydrogen) atoms. The number of aryl methyl sites for hydroxylation is 2. The third-order valence-electron chi connectivity index (χ3n) is 3.62. The fraction of sp³-hybridized carbons (Fsp3) is 0.158. The van der Waals surface area contributed by atoms with Crippen molar-refractivity contribution in [2.45, 2.75) is 13.8 Å². The minimum absolute atomic E-state index is 0.0292. The maximum absolute atomic E-state index is 12.2. The summed E-state index contributed by atoms with van der Waals surface area (Å²) in [6.07, 6.45) is 3.31. The zero-order valence-corrected chi connectivity index (χ0v) is 13.0. The van der Waals surface area contributed by atoms with Crippen molar-refractivity contribution < 1.29 is 9.59 Å². The Hall–Kier alpha value is -2.68. The molecule has 0 saturated carbocycles. The molecule has 1 amide bonds. The molecule has 3 nitrogen and oxygen atoms in total. The van der Waals surface area contributed by atoms with Gasteiger partial charge in [-0.05, 0) is 54.8 Å². The molecule has 0 saturated heterocycles. The molecule has 0 aromatic heterocycles. The molecule has 0 atom stereocenters. The molecule has 2 rings (SSSR count). The second kappa shape index (κ2) is 6.85. The molecule has 0 aliphatic rings. The van der Waals surface area contributed by atoms with E-state index in [9.17, 15) is 9.59 Å². The van der Waals surface area contributed by atoms with E-state index in [0.717, 1.165) is 11.1 Å². The highest BCUT2D eigenvalue weighted by atomic mass is 16.1. The van der Waals surface area contributed by atoms with Gasteiger partial charge in [-0.15, -0.1) is 0 Å². The van der Waals surface area contributed by atoms with E-state index in [0.29, 0.717) is 11.1 Å². The van der Waals surface area contributed by atoms with Crippen molar-refractivity contribution in [3.8, 4) is 0 Å². The summed E-state index contributed by atoms with van der Waals surface area (Å²) < 4.78 is 0. The summed E-state index contributed by atoms with van der Waals surface area (Å²) in [5, 5.41) is 2.57. The fourth-order valence-corrected chi connectivity index (χ4v) is 2.05. The minimum Gasteiger partial charge on any atom is -0.355 e. The number of amides is 1. The Morgan fingerprint density at radius 3 is 2.14 bits per heavy atom. The van der Waals surface area contributed by atoms with E-state index in [1.807, 2.05) is 44.2 Å². The predicted octanol–water partition coefficient (Wildman–Crippen LogP) is 3.56. The number of carbonyl (C=O) groups excluding carboxylic acids is 2. The zero-order chi connectivity index (χ0) is 16.1. The number of ketones is 1. The molecule has 3 heteroatoms. The lowest BCUT2D eigenvalue weighted by atomic mass is 10.0. The van der Waals surface area contributed by atoms with Crippen LogP contribution in [0.5, 0.6) is 0 Å². The molecule has 0 spiro atoms. The zero-order valence-electron chi connectivity index (χ0n) is 13.0. The SMILES string of the molecule is CNC(=O)c1ccc(C=CC(=O)c2ccc(C)c(C)c2)cc1. The van der Waals surface area contributed by atoms with E-state index in [1.54, 1.807) is 31.3 Å². The number of nitrogens with one attached hydrogen (secondary N) is 1. The van der Waals surface area contributed by atoms with Crippen molar-refractivity contribution in [2.75, 3.05) is 7.05 Å². The smallest absolute Gasteiger partial charge is 0.251 e. The van der Waals surface area contributed by atoms with Crippen LogP contribution in [0.25, 0.3) is 6.08 Å². The fourth-order valence-electron chi connectivity index (χ4n) is 2.05. The maximum atomic E-state index is 12.2. The molecule has 2 aromatic rings. The van der Waals surface area contributed by atoms with Crippen molar-refractivity contribution in [1.82, 2.24) is 5.32 Å². The first kappa shape index (κ1) is 15.7. The van der Waals surface area contributed by atoms with Gasteiger partial charge < -0.3 is 5.32 Å². The van der Waals surface area contributed by atoms with Gasteiger partial charge >= 0.3 is 0 Å². The second-order valence-electron chi connectivity index (χ2n) is 5.20. The Bertz CT molecular complexity index is 728. The van der Waals surface area contributed by atoms with Gasteiger partial charge in [0.25, 0.3) is 5.91 Å². The van der Waals surface area contributed by atoms with E-state index in [1.165, 1.54) is 5.56 Å². The lowest BCUT2D eigenvalue weighted by Gasteiger charge is -2.02. The van der Waals surface area contributed by atoms with Gasteiger partial charge in [-0.1, -0.05) is 30.3 Å². The maximum Gasteiger partial charge on any atom is 0.251 e. The summed E-state index contributed by atoms with van der Waals surface area (Å²) in [6.45, 7) is 4.01. The molecule has 0 aliphatic heterocycles. The van der Waals surface area contributed by atoms with Crippen LogP contribution in [0, 0.1) is 13.8 Å². The van der Waals surface area contributed by atoms with E-state index in [4.69, 9.17) is 0 Å². The van der Waals surface area contributed by atoms with Crippen LogP contribution in [0.1, 0.15) is 37.4 Å². The van der Waals surface area contributed by atoms with Gasteiger partial charge in [0.05, 0.1) is 0 Å². The number of rotatable bonds is 4. The standard InChI is InChI=1S/C19H19NO2/c1-13-4-8-17(12-14(13)2)18(21)11-7-15-5-9-16(10-6-15)19(22)20-3/h4-12H,1-3H3,(H,20,22). The van der Waals surface area contributed by atoms with E-state index < -0.39 is 0 Å². The number of hydrogen-bond donors (Lipinski definition) is 1. The molecule has 0 bridgehead atoms. The Kier molecular flexibility index (Phi) is 4.89. The number of hydrogen-bond acceptors (Lipinski definition) is 2. The van der Waals surface area contributed by atoms with Crippen LogP contribution in [0.3, 0.4) is 0 Å². The summed E-state index contributed by atoms with van der Waals surface area (Å²) in [7, 11) is 1.60. The molecule has 1 N–H and O–H groups in total. The second-order valence-corrected chi connectivity index (χ2v) is 5.20. The third-order valence-corrected chi connectivity index (χ3v) is 3.62. The van der Waals surface area contributed by atoms with Crippen LogP contribution >= 0.6 is 0 Å². The summed E-state index contributed by atoms with van der Waals surface area (Å²) in [5.74, 6) is -0.153. The Morgan fingerprint density at radius 2 is 1.55 bits per heavy atom. The lowest BCUT2D eigenvalue weighted by molar-refractivity contribution is 0.0962. The largest absolute Gasteiger partial charge is 0.355 e. The summed E-state index contributed by atoms with van der Waals surface area (Å²) in [5.41, 5.74) is 4.44. The van der Waals surface area contributed by atoms with Crippen LogP contribution in [0.4, 0.5) is 0 Å². The van der Waals surface area contributed by atoms with Crippen molar-refractivity contribution in [1.29, 1.82) is 0 Å². The van der Waals surface area contributed by atoms with Gasteiger partial charge in [-0.2, -0.15) is 0 Å². The monoisotopic (exact) mass is 293 g/mol. The van der Waals surface area contributed by atoms with Crippen molar-refractivity contribution in [2.24, 2.45) is 0 Å². The van der Waals surface area contributed by atoms with Crippen molar-refractivity contribution in [3.05, 3.63) is 76.4 Å². The van der Waals surface area contributed by atoms with Gasteiger partial charge in [-0.3, -0.25) is 9.59 Å². The third kappa shape index (κ3) is 3.70. The van der Waals surface area contributed by atoms with Crippen LogP contribution in [0.2, 0.25) is 0 Å². The Labute approximate surface area is 130 Å². The molecule has 112 valence electrons. The lowest BCUT2D eigenvalue weighted by Crippen LogP contribution is -2.17. The normalized spacial score (nSPS) is 10.7. The molecular formula is C19H19NO2. The first-order chi connectivity index (χ1) is 10.5. The Morgan fingerprint density at radius 1 is 0.909 bits per heavy atom. The van der Waals surface area contributed by atoms with Gasteiger partial charge in [0, 0.05) is 18.2 Å². The average Bonchev–Trinajstić information content (AvgIpc) is 2.54. The Balaban J connectivity index is 2.12. The van der Waals surface area contributed by atoms with Gasteiger partial charge in [0.15, 0.2) is 5.78 Å². The van der Waals surface area contributed by atoms with Gasteiger partial charge in [0.1, 0.15) is 0 Å². The van der Waals surface area contributed by atoms with Crippen LogP contribution in [0.15, 0.2) is 48.5 Å². The molecule has 0 unspecified atom stereocenters. The summed E-state index contributed by atoms with van der Waals surface area (Å²) in [4.78, 5) is 23.6. The average molecular weight is 293 g/mol.